The van der Waals surface area contributed by atoms with Crippen molar-refractivity contribution in [3.63, 3.8) is 0 Å². The number of ether oxygens (including phenoxy) is 2. The molecule has 0 saturated carbocycles. The van der Waals surface area contributed by atoms with Gasteiger partial charge >= 0.3 is 5.97 Å². The lowest BCUT2D eigenvalue weighted by Crippen LogP contribution is -2.12. The number of esters is 1. The van der Waals surface area contributed by atoms with Crippen molar-refractivity contribution in [1.82, 2.24) is 0 Å². The first-order valence-corrected chi connectivity index (χ1v) is 10.7. The van der Waals surface area contributed by atoms with Gasteiger partial charge in [0.2, 0.25) is 5.91 Å². The first kappa shape index (κ1) is 22.2. The molecule has 0 aliphatic rings. The number of hydrogen-bond acceptors (Lipinski definition) is 5. The summed E-state index contributed by atoms with van der Waals surface area (Å²) in [7, 11) is 0. The van der Waals surface area contributed by atoms with E-state index < -0.39 is 11.9 Å². The van der Waals surface area contributed by atoms with Crippen LogP contribution in [0.3, 0.4) is 0 Å². The lowest BCUT2D eigenvalue weighted by Gasteiger charge is -2.08. The summed E-state index contributed by atoms with van der Waals surface area (Å²) in [5, 5.41) is 4.86. The molecule has 3 aromatic rings. The number of carbonyl (C=O) groups is 2. The van der Waals surface area contributed by atoms with Crippen molar-refractivity contribution in [3.8, 4) is 16.9 Å². The predicted octanol–water partition coefficient (Wildman–Crippen LogP) is 5.78. The Morgan fingerprint density at radius 3 is 2.52 bits per heavy atom. The summed E-state index contributed by atoms with van der Waals surface area (Å²) in [6.07, 6.45) is 3.03. The van der Waals surface area contributed by atoms with Gasteiger partial charge in [0.1, 0.15) is 22.1 Å². The molecule has 0 fully saturated rings. The van der Waals surface area contributed by atoms with Gasteiger partial charge in [-0.25, -0.2) is 9.18 Å². The fourth-order valence-electron chi connectivity index (χ4n) is 2.92. The SMILES string of the molecule is CCOC(=O)c1c(-c2ccc(F)cc2)csc1NC(=O)C=Cc1ccccc1OCC. The zero-order chi connectivity index (χ0) is 22.2. The number of thiophene rings is 1. The van der Waals surface area contributed by atoms with E-state index in [-0.39, 0.29) is 18.0 Å². The number of hydrogen-bond donors (Lipinski definition) is 1. The van der Waals surface area contributed by atoms with Gasteiger partial charge in [0, 0.05) is 22.6 Å². The van der Waals surface area contributed by atoms with Crippen LogP contribution in [0.2, 0.25) is 0 Å². The molecule has 5 nitrogen and oxygen atoms in total. The molecule has 0 aliphatic carbocycles. The number of amides is 1. The van der Waals surface area contributed by atoms with Crippen molar-refractivity contribution in [3.05, 3.63) is 76.9 Å². The molecule has 1 heterocycles. The van der Waals surface area contributed by atoms with Crippen molar-refractivity contribution in [2.24, 2.45) is 0 Å². The molecule has 1 amide bonds. The highest BCUT2D eigenvalue weighted by Crippen LogP contribution is 2.36. The second-order valence-electron chi connectivity index (χ2n) is 6.37. The molecule has 1 N–H and O–H groups in total. The summed E-state index contributed by atoms with van der Waals surface area (Å²) in [6.45, 7) is 4.30. The van der Waals surface area contributed by atoms with E-state index in [1.807, 2.05) is 31.2 Å². The van der Waals surface area contributed by atoms with Gasteiger partial charge in [-0.05, 0) is 43.7 Å². The normalized spacial score (nSPS) is 10.8. The van der Waals surface area contributed by atoms with Crippen LogP contribution in [0.15, 0.2) is 60.0 Å². The van der Waals surface area contributed by atoms with E-state index in [9.17, 15) is 14.0 Å². The van der Waals surface area contributed by atoms with Gasteiger partial charge in [0.15, 0.2) is 0 Å². The quantitative estimate of drug-likeness (QED) is 0.357. The van der Waals surface area contributed by atoms with Crippen LogP contribution in [-0.4, -0.2) is 25.1 Å². The molecule has 160 valence electrons. The molecule has 0 bridgehead atoms. The Morgan fingerprint density at radius 2 is 1.81 bits per heavy atom. The van der Waals surface area contributed by atoms with Crippen LogP contribution in [0.25, 0.3) is 17.2 Å². The molecular formula is C24H22FNO4S. The molecule has 0 radical (unpaired) electrons. The number of carbonyl (C=O) groups excluding carboxylic acids is 2. The molecule has 7 heteroatoms. The van der Waals surface area contributed by atoms with E-state index >= 15 is 0 Å². The Kier molecular flexibility index (Phi) is 7.56. The highest BCUT2D eigenvalue weighted by Gasteiger charge is 2.22. The van der Waals surface area contributed by atoms with Crippen LogP contribution in [0, 0.1) is 5.82 Å². The largest absolute Gasteiger partial charge is 0.493 e. The van der Waals surface area contributed by atoms with Crippen molar-refractivity contribution < 1.29 is 23.5 Å². The average Bonchev–Trinajstić information content (AvgIpc) is 3.17. The number of para-hydroxylation sites is 1. The van der Waals surface area contributed by atoms with Gasteiger partial charge in [0.05, 0.1) is 13.2 Å². The summed E-state index contributed by atoms with van der Waals surface area (Å²) < 4.78 is 24.0. The van der Waals surface area contributed by atoms with Crippen molar-refractivity contribution in [1.29, 1.82) is 0 Å². The average molecular weight is 440 g/mol. The molecule has 0 unspecified atom stereocenters. The zero-order valence-corrected chi connectivity index (χ0v) is 18.0. The smallest absolute Gasteiger partial charge is 0.341 e. The number of nitrogens with one attached hydrogen (secondary N) is 1. The summed E-state index contributed by atoms with van der Waals surface area (Å²) in [5.41, 5.74) is 2.24. The van der Waals surface area contributed by atoms with E-state index in [0.29, 0.717) is 28.5 Å². The second kappa shape index (κ2) is 10.5. The van der Waals surface area contributed by atoms with Crippen LogP contribution in [0.1, 0.15) is 29.8 Å². The summed E-state index contributed by atoms with van der Waals surface area (Å²) in [5.74, 6) is -0.646. The second-order valence-corrected chi connectivity index (χ2v) is 7.25. The van der Waals surface area contributed by atoms with E-state index in [1.54, 1.807) is 30.5 Å². The van der Waals surface area contributed by atoms with Crippen molar-refractivity contribution in [2.45, 2.75) is 13.8 Å². The summed E-state index contributed by atoms with van der Waals surface area (Å²) in [6, 6.07) is 13.2. The van der Waals surface area contributed by atoms with Crippen molar-refractivity contribution >= 4 is 34.3 Å². The highest BCUT2D eigenvalue weighted by molar-refractivity contribution is 7.15. The lowest BCUT2D eigenvalue weighted by atomic mass is 10.0. The monoisotopic (exact) mass is 439 g/mol. The van der Waals surface area contributed by atoms with Crippen LogP contribution >= 0.6 is 11.3 Å². The number of rotatable bonds is 8. The van der Waals surface area contributed by atoms with Crippen LogP contribution in [0.5, 0.6) is 5.75 Å². The maximum Gasteiger partial charge on any atom is 0.341 e. The third kappa shape index (κ3) is 5.58. The van der Waals surface area contributed by atoms with Crippen LogP contribution in [-0.2, 0) is 9.53 Å². The minimum absolute atomic E-state index is 0.193. The van der Waals surface area contributed by atoms with E-state index in [4.69, 9.17) is 9.47 Å². The first-order chi connectivity index (χ1) is 15.0. The van der Waals surface area contributed by atoms with Crippen molar-refractivity contribution in [2.75, 3.05) is 18.5 Å². The molecule has 0 atom stereocenters. The van der Waals surface area contributed by atoms with Gasteiger partial charge < -0.3 is 14.8 Å². The van der Waals surface area contributed by atoms with Gasteiger partial charge in [0.25, 0.3) is 0 Å². The minimum atomic E-state index is -0.552. The van der Waals surface area contributed by atoms with Gasteiger partial charge in [-0.1, -0.05) is 30.3 Å². The standard InChI is InChI=1S/C24H22FNO4S/c1-3-29-20-8-6-5-7-17(20)11-14-21(27)26-23-22(24(28)30-4-2)19(15-31-23)16-9-12-18(25)13-10-16/h5-15H,3-4H2,1-2H3,(H,26,27). The maximum absolute atomic E-state index is 13.3. The Hall–Kier alpha value is -3.45. The Morgan fingerprint density at radius 1 is 1.06 bits per heavy atom. The topological polar surface area (TPSA) is 64.6 Å². The zero-order valence-electron chi connectivity index (χ0n) is 17.2. The third-order valence-electron chi connectivity index (χ3n) is 4.30. The van der Waals surface area contributed by atoms with Gasteiger partial charge in [-0.3, -0.25) is 4.79 Å². The minimum Gasteiger partial charge on any atom is -0.493 e. The predicted molar refractivity (Wildman–Crippen MR) is 121 cm³/mol. The van der Waals surface area contributed by atoms with E-state index in [1.165, 1.54) is 29.5 Å². The Labute approximate surface area is 184 Å². The highest BCUT2D eigenvalue weighted by atomic mass is 32.1. The fraction of sp³-hybridized carbons (Fsp3) is 0.167. The molecule has 0 aliphatic heterocycles. The lowest BCUT2D eigenvalue weighted by molar-refractivity contribution is -0.111. The molecule has 2 aromatic carbocycles. The van der Waals surface area contributed by atoms with E-state index in [0.717, 1.165) is 5.56 Å². The molecule has 0 saturated heterocycles. The van der Waals surface area contributed by atoms with Gasteiger partial charge in [-0.15, -0.1) is 11.3 Å². The summed E-state index contributed by atoms with van der Waals surface area (Å²) in [4.78, 5) is 25.1. The Balaban J connectivity index is 1.86. The van der Waals surface area contributed by atoms with Crippen LogP contribution < -0.4 is 10.1 Å². The third-order valence-corrected chi connectivity index (χ3v) is 5.19. The number of benzene rings is 2. The molecular weight excluding hydrogens is 417 g/mol. The number of anilines is 1. The van der Waals surface area contributed by atoms with Gasteiger partial charge in [-0.2, -0.15) is 0 Å². The molecule has 1 aromatic heterocycles. The van der Waals surface area contributed by atoms with E-state index in [2.05, 4.69) is 5.32 Å². The molecule has 0 spiro atoms. The fourth-order valence-corrected chi connectivity index (χ4v) is 3.88. The Bertz CT molecular complexity index is 1090. The first-order valence-electron chi connectivity index (χ1n) is 9.78. The van der Waals surface area contributed by atoms with Crippen LogP contribution in [0.4, 0.5) is 9.39 Å². The summed E-state index contributed by atoms with van der Waals surface area (Å²) >= 11 is 1.21. The maximum atomic E-state index is 13.3. The molecule has 3 rings (SSSR count). The molecule has 31 heavy (non-hydrogen) atoms. The number of halogens is 1.